The molecule has 0 bridgehead atoms. The molecule has 2 aliphatic rings. The van der Waals surface area contributed by atoms with Crippen LogP contribution in [0.2, 0.25) is 0 Å². The number of benzene rings is 2. The van der Waals surface area contributed by atoms with E-state index >= 15 is 0 Å². The Bertz CT molecular complexity index is 936. The van der Waals surface area contributed by atoms with E-state index in [0.717, 1.165) is 12.8 Å². The molecule has 0 radical (unpaired) electrons. The smallest absolute Gasteiger partial charge is 0.317 e. The van der Waals surface area contributed by atoms with Gasteiger partial charge in [0, 0.05) is 38.1 Å². The second-order valence-electron chi connectivity index (χ2n) is 7.86. The summed E-state index contributed by atoms with van der Waals surface area (Å²) in [6, 6.07) is 18.7. The molecule has 1 saturated heterocycles. The van der Waals surface area contributed by atoms with Crippen LogP contribution in [-0.2, 0) is 15.4 Å². The summed E-state index contributed by atoms with van der Waals surface area (Å²) < 4.78 is 26.9. The topological polar surface area (TPSA) is 69.7 Å². The zero-order valence-corrected chi connectivity index (χ0v) is 17.3. The highest BCUT2D eigenvalue weighted by atomic mass is 32.2. The summed E-state index contributed by atoms with van der Waals surface area (Å²) in [7, 11) is -3.50. The van der Waals surface area contributed by atoms with E-state index in [-0.39, 0.29) is 11.4 Å². The molecule has 1 heterocycles. The van der Waals surface area contributed by atoms with Crippen LogP contribution < -0.4 is 5.32 Å². The number of amides is 2. The molecule has 0 atom stereocenters. The van der Waals surface area contributed by atoms with E-state index in [2.05, 4.69) is 17.4 Å². The monoisotopic (exact) mass is 413 g/mol. The maximum Gasteiger partial charge on any atom is 0.317 e. The van der Waals surface area contributed by atoms with Crippen LogP contribution in [0.1, 0.15) is 24.8 Å². The third-order valence-corrected chi connectivity index (χ3v) is 8.09. The van der Waals surface area contributed by atoms with Crippen molar-refractivity contribution in [3.63, 3.8) is 0 Å². The molecule has 2 aromatic rings. The molecular formula is C22H27N3O3S. The fourth-order valence-corrected chi connectivity index (χ4v) is 5.64. The molecular weight excluding hydrogens is 386 g/mol. The maximum atomic E-state index is 12.7. The van der Waals surface area contributed by atoms with Gasteiger partial charge in [-0.2, -0.15) is 4.31 Å². The third-order valence-electron chi connectivity index (χ3n) is 6.18. The lowest BCUT2D eigenvalue weighted by molar-refractivity contribution is 0.163. The van der Waals surface area contributed by atoms with Gasteiger partial charge in [0.2, 0.25) is 10.0 Å². The number of hydrogen-bond donors (Lipinski definition) is 1. The van der Waals surface area contributed by atoms with E-state index < -0.39 is 10.0 Å². The van der Waals surface area contributed by atoms with Crippen molar-refractivity contribution < 1.29 is 13.2 Å². The van der Waals surface area contributed by atoms with E-state index in [0.29, 0.717) is 37.6 Å². The van der Waals surface area contributed by atoms with E-state index in [9.17, 15) is 13.2 Å². The molecule has 1 N–H and O–H groups in total. The lowest BCUT2D eigenvalue weighted by Gasteiger charge is -2.43. The van der Waals surface area contributed by atoms with Gasteiger partial charge in [-0.15, -0.1) is 0 Å². The van der Waals surface area contributed by atoms with Gasteiger partial charge in [-0.3, -0.25) is 0 Å². The van der Waals surface area contributed by atoms with Gasteiger partial charge in [0.1, 0.15) is 0 Å². The minimum atomic E-state index is -3.50. The molecule has 0 aromatic heterocycles. The molecule has 2 amide bonds. The van der Waals surface area contributed by atoms with Gasteiger partial charge in [0.15, 0.2) is 0 Å². The van der Waals surface area contributed by atoms with E-state index in [1.165, 1.54) is 16.3 Å². The van der Waals surface area contributed by atoms with Crippen LogP contribution in [0.3, 0.4) is 0 Å². The van der Waals surface area contributed by atoms with Crippen LogP contribution >= 0.6 is 0 Å². The summed E-state index contributed by atoms with van der Waals surface area (Å²) >= 11 is 0. The molecule has 6 nitrogen and oxygen atoms in total. The summed E-state index contributed by atoms with van der Waals surface area (Å²) in [5.41, 5.74) is 1.32. The van der Waals surface area contributed by atoms with Gasteiger partial charge in [-0.05, 0) is 30.5 Å². The van der Waals surface area contributed by atoms with Gasteiger partial charge in [0.25, 0.3) is 0 Å². The highest BCUT2D eigenvalue weighted by Gasteiger charge is 2.39. The number of nitrogens with one attached hydrogen (secondary N) is 1. The average molecular weight is 414 g/mol. The standard InChI is InChI=1S/C22H27N3O3S/c26-21(23-18-22(12-7-13-22)19-8-3-1-4-9-19)24-14-16-25(17-15-24)29(27,28)20-10-5-2-6-11-20/h1-6,8-11H,7,12-18H2,(H,23,26). The molecule has 0 spiro atoms. The van der Waals surface area contributed by atoms with Gasteiger partial charge in [-0.25, -0.2) is 13.2 Å². The minimum Gasteiger partial charge on any atom is -0.337 e. The molecule has 2 fully saturated rings. The van der Waals surface area contributed by atoms with Crippen molar-refractivity contribution in [3.05, 3.63) is 66.2 Å². The quantitative estimate of drug-likeness (QED) is 0.820. The molecule has 29 heavy (non-hydrogen) atoms. The van der Waals surface area contributed by atoms with E-state index in [1.54, 1.807) is 35.2 Å². The number of sulfonamides is 1. The van der Waals surface area contributed by atoms with Crippen molar-refractivity contribution in [2.24, 2.45) is 0 Å². The lowest BCUT2D eigenvalue weighted by atomic mass is 9.64. The van der Waals surface area contributed by atoms with E-state index in [1.807, 2.05) is 18.2 Å². The van der Waals surface area contributed by atoms with Gasteiger partial charge in [-0.1, -0.05) is 55.0 Å². The first kappa shape index (κ1) is 19.9. The lowest BCUT2D eigenvalue weighted by Crippen LogP contribution is -2.55. The van der Waals surface area contributed by atoms with Crippen LogP contribution in [0.25, 0.3) is 0 Å². The fraction of sp³-hybridized carbons (Fsp3) is 0.409. The number of nitrogens with zero attached hydrogens (tertiary/aromatic N) is 2. The Kier molecular flexibility index (Phi) is 5.61. The van der Waals surface area contributed by atoms with Crippen LogP contribution in [0.4, 0.5) is 4.79 Å². The van der Waals surface area contributed by atoms with Gasteiger partial charge < -0.3 is 10.2 Å². The van der Waals surface area contributed by atoms with Crippen LogP contribution in [0.5, 0.6) is 0 Å². The second kappa shape index (κ2) is 8.16. The highest BCUT2D eigenvalue weighted by molar-refractivity contribution is 7.89. The highest BCUT2D eigenvalue weighted by Crippen LogP contribution is 2.43. The summed E-state index contributed by atoms with van der Waals surface area (Å²) in [5, 5.41) is 3.10. The molecule has 154 valence electrons. The van der Waals surface area contributed by atoms with Crippen molar-refractivity contribution in [1.29, 1.82) is 0 Å². The summed E-state index contributed by atoms with van der Waals surface area (Å²) in [5.74, 6) is 0. The summed E-state index contributed by atoms with van der Waals surface area (Å²) in [6.07, 6.45) is 3.35. The largest absolute Gasteiger partial charge is 0.337 e. The average Bonchev–Trinajstić information content (AvgIpc) is 2.74. The number of carbonyl (C=O) groups is 1. The Morgan fingerprint density at radius 3 is 2.03 bits per heavy atom. The number of carbonyl (C=O) groups excluding carboxylic acids is 1. The number of hydrogen-bond acceptors (Lipinski definition) is 3. The first-order valence-electron chi connectivity index (χ1n) is 10.1. The zero-order valence-electron chi connectivity index (χ0n) is 16.5. The van der Waals surface area contributed by atoms with Crippen molar-refractivity contribution >= 4 is 16.1 Å². The maximum absolute atomic E-state index is 12.7. The molecule has 1 aliphatic heterocycles. The number of urea groups is 1. The normalized spacial score (nSPS) is 19.4. The number of piperazine rings is 1. The van der Waals surface area contributed by atoms with Gasteiger partial charge >= 0.3 is 6.03 Å². The third kappa shape index (κ3) is 4.02. The van der Waals surface area contributed by atoms with Crippen molar-refractivity contribution in [1.82, 2.24) is 14.5 Å². The molecule has 7 heteroatoms. The molecule has 1 saturated carbocycles. The predicted molar refractivity (Wildman–Crippen MR) is 112 cm³/mol. The second-order valence-corrected chi connectivity index (χ2v) is 9.80. The Labute approximate surface area is 172 Å². The van der Waals surface area contributed by atoms with E-state index in [4.69, 9.17) is 0 Å². The Balaban J connectivity index is 1.33. The van der Waals surface area contributed by atoms with Crippen molar-refractivity contribution in [3.8, 4) is 0 Å². The molecule has 0 unspecified atom stereocenters. The fourth-order valence-electron chi connectivity index (χ4n) is 4.19. The van der Waals surface area contributed by atoms with Crippen LogP contribution in [-0.4, -0.2) is 56.4 Å². The zero-order chi connectivity index (χ0) is 20.3. The molecule has 2 aromatic carbocycles. The van der Waals surface area contributed by atoms with Crippen LogP contribution in [0, 0.1) is 0 Å². The van der Waals surface area contributed by atoms with Crippen LogP contribution in [0.15, 0.2) is 65.6 Å². The summed E-state index contributed by atoms with van der Waals surface area (Å²) in [6.45, 7) is 2.05. The predicted octanol–water partition coefficient (Wildman–Crippen LogP) is 2.82. The molecule has 1 aliphatic carbocycles. The molecule has 4 rings (SSSR count). The van der Waals surface area contributed by atoms with Crippen molar-refractivity contribution in [2.45, 2.75) is 29.6 Å². The number of rotatable bonds is 5. The Morgan fingerprint density at radius 2 is 1.48 bits per heavy atom. The Morgan fingerprint density at radius 1 is 0.897 bits per heavy atom. The van der Waals surface area contributed by atoms with Crippen molar-refractivity contribution in [2.75, 3.05) is 32.7 Å². The first-order valence-corrected chi connectivity index (χ1v) is 11.6. The first-order chi connectivity index (χ1) is 14.0. The minimum absolute atomic E-state index is 0.0371. The Hall–Kier alpha value is -2.38. The van der Waals surface area contributed by atoms with Gasteiger partial charge in [0.05, 0.1) is 4.90 Å². The summed E-state index contributed by atoms with van der Waals surface area (Å²) in [4.78, 5) is 14.7. The SMILES string of the molecule is O=C(NCC1(c2ccccc2)CCC1)N1CCN(S(=O)(=O)c2ccccc2)CC1.